The Labute approximate surface area is 158 Å². The highest BCUT2D eigenvalue weighted by atomic mass is 16.5. The maximum atomic E-state index is 11.6. The summed E-state index contributed by atoms with van der Waals surface area (Å²) in [6.07, 6.45) is 0. The molecule has 0 fully saturated rings. The minimum atomic E-state index is -0.331. The molecule has 0 aliphatic heterocycles. The van der Waals surface area contributed by atoms with E-state index in [2.05, 4.69) is 26.5 Å². The standard InChI is InChI=1S/C19H22O3.C2H6.CH5N/c1-13(2)19(3,16-9-11-17(20)12-10-16)15-7-5-14(6-8-15)18(21)22-4;2*1-2/h5-13,20H,1-4H3;1-2H3;2H2,1H3. The average molecular weight is 360 g/mol. The lowest BCUT2D eigenvalue weighted by atomic mass is 9.68. The first-order valence-electron chi connectivity index (χ1n) is 8.95. The highest BCUT2D eigenvalue weighted by Crippen LogP contribution is 2.39. The molecule has 0 bridgehead atoms. The quantitative estimate of drug-likeness (QED) is 0.773. The molecule has 2 aromatic carbocycles. The van der Waals surface area contributed by atoms with Crippen LogP contribution in [0.25, 0.3) is 0 Å². The van der Waals surface area contributed by atoms with Crippen LogP contribution in [0.5, 0.6) is 5.75 Å². The molecule has 3 N–H and O–H groups in total. The summed E-state index contributed by atoms with van der Waals surface area (Å²) >= 11 is 0. The van der Waals surface area contributed by atoms with Crippen LogP contribution in [-0.4, -0.2) is 25.2 Å². The molecule has 0 spiro atoms. The van der Waals surface area contributed by atoms with E-state index in [1.165, 1.54) is 14.2 Å². The van der Waals surface area contributed by atoms with Crippen molar-refractivity contribution in [3.63, 3.8) is 0 Å². The third kappa shape index (κ3) is 5.33. The lowest BCUT2D eigenvalue weighted by molar-refractivity contribution is 0.0600. The number of ether oxygens (including phenoxy) is 1. The normalized spacial score (nSPS) is 12.0. The van der Waals surface area contributed by atoms with Crippen molar-refractivity contribution in [3.8, 4) is 5.75 Å². The molecule has 4 nitrogen and oxygen atoms in total. The van der Waals surface area contributed by atoms with Gasteiger partial charge in [-0.1, -0.05) is 58.9 Å². The van der Waals surface area contributed by atoms with Gasteiger partial charge in [-0.25, -0.2) is 4.79 Å². The minimum Gasteiger partial charge on any atom is -0.508 e. The molecule has 4 heteroatoms. The number of hydrogen-bond donors (Lipinski definition) is 2. The molecule has 2 aromatic rings. The van der Waals surface area contributed by atoms with E-state index in [1.54, 1.807) is 24.3 Å². The van der Waals surface area contributed by atoms with E-state index < -0.39 is 0 Å². The molecule has 26 heavy (non-hydrogen) atoms. The fourth-order valence-electron chi connectivity index (χ4n) is 2.71. The summed E-state index contributed by atoms with van der Waals surface area (Å²) in [6.45, 7) is 10.5. The Bertz CT molecular complexity index is 648. The second kappa shape index (κ2) is 11.3. The topological polar surface area (TPSA) is 72.5 Å². The molecule has 0 aliphatic carbocycles. The number of methoxy groups -OCH3 is 1. The van der Waals surface area contributed by atoms with Crippen molar-refractivity contribution in [2.75, 3.05) is 14.2 Å². The van der Waals surface area contributed by atoms with E-state index in [4.69, 9.17) is 4.74 Å². The van der Waals surface area contributed by atoms with Crippen molar-refractivity contribution < 1.29 is 14.6 Å². The summed E-state index contributed by atoms with van der Waals surface area (Å²) in [5.74, 6) is 0.277. The molecule has 1 atom stereocenters. The van der Waals surface area contributed by atoms with Crippen LogP contribution in [0.1, 0.15) is 56.1 Å². The first kappa shape index (κ1) is 23.7. The van der Waals surface area contributed by atoms with Crippen LogP contribution in [0.2, 0.25) is 0 Å². The number of phenolic OH excluding ortho intramolecular Hbond substituents is 1. The van der Waals surface area contributed by atoms with Crippen LogP contribution in [0.15, 0.2) is 48.5 Å². The monoisotopic (exact) mass is 359 g/mol. The average Bonchev–Trinajstić information content (AvgIpc) is 2.70. The zero-order chi connectivity index (χ0) is 20.3. The van der Waals surface area contributed by atoms with Gasteiger partial charge in [-0.15, -0.1) is 0 Å². The minimum absolute atomic E-state index is 0.206. The second-order valence-electron chi connectivity index (χ2n) is 5.97. The van der Waals surface area contributed by atoms with Crippen molar-refractivity contribution in [2.24, 2.45) is 11.7 Å². The Kier molecular flexibility index (Phi) is 10.3. The molecule has 0 amide bonds. The number of esters is 1. The van der Waals surface area contributed by atoms with Crippen LogP contribution in [0.4, 0.5) is 0 Å². The summed E-state index contributed by atoms with van der Waals surface area (Å²) < 4.78 is 4.74. The van der Waals surface area contributed by atoms with Crippen LogP contribution in [-0.2, 0) is 10.2 Å². The summed E-state index contributed by atoms with van der Waals surface area (Å²) in [7, 11) is 2.88. The summed E-state index contributed by atoms with van der Waals surface area (Å²) in [4.78, 5) is 11.6. The highest BCUT2D eigenvalue weighted by Gasteiger charge is 2.32. The van der Waals surface area contributed by atoms with Gasteiger partial charge in [0.2, 0.25) is 0 Å². The van der Waals surface area contributed by atoms with E-state index >= 15 is 0 Å². The van der Waals surface area contributed by atoms with E-state index in [-0.39, 0.29) is 17.1 Å². The largest absolute Gasteiger partial charge is 0.508 e. The van der Waals surface area contributed by atoms with E-state index in [9.17, 15) is 9.90 Å². The van der Waals surface area contributed by atoms with Gasteiger partial charge in [-0.2, -0.15) is 0 Å². The van der Waals surface area contributed by atoms with Gasteiger partial charge < -0.3 is 15.6 Å². The third-order valence-corrected chi connectivity index (χ3v) is 4.53. The summed E-state index contributed by atoms with van der Waals surface area (Å²) in [6, 6.07) is 14.8. The molecule has 0 heterocycles. The Morgan fingerprint density at radius 2 is 1.35 bits per heavy atom. The first-order valence-corrected chi connectivity index (χ1v) is 8.95. The number of nitrogens with two attached hydrogens (primary N) is 1. The molecule has 2 rings (SSSR count). The van der Waals surface area contributed by atoms with E-state index in [0.717, 1.165) is 11.1 Å². The van der Waals surface area contributed by atoms with Gasteiger partial charge in [-0.05, 0) is 48.4 Å². The zero-order valence-corrected chi connectivity index (χ0v) is 17.0. The SMILES string of the molecule is CC.CN.COC(=O)c1ccc(C(C)(c2ccc(O)cc2)C(C)C)cc1. The Morgan fingerprint density at radius 1 is 0.962 bits per heavy atom. The molecule has 144 valence electrons. The first-order chi connectivity index (χ1) is 12.4. The second-order valence-corrected chi connectivity index (χ2v) is 5.97. The Balaban J connectivity index is 0.00000146. The number of phenols is 1. The van der Waals surface area contributed by atoms with Gasteiger partial charge in [0.1, 0.15) is 5.75 Å². The number of benzene rings is 2. The van der Waals surface area contributed by atoms with E-state index in [1.807, 2.05) is 38.1 Å². The van der Waals surface area contributed by atoms with Crippen molar-refractivity contribution in [1.29, 1.82) is 0 Å². The molecule has 0 aliphatic rings. The molecular weight excluding hydrogens is 326 g/mol. The third-order valence-electron chi connectivity index (χ3n) is 4.53. The number of aromatic hydroxyl groups is 1. The van der Waals surface area contributed by atoms with E-state index in [0.29, 0.717) is 11.5 Å². The number of hydrogen-bond acceptors (Lipinski definition) is 4. The highest BCUT2D eigenvalue weighted by molar-refractivity contribution is 5.89. The van der Waals surface area contributed by atoms with Crippen molar-refractivity contribution >= 4 is 5.97 Å². The predicted octanol–water partition coefficient (Wildman–Crippen LogP) is 4.74. The van der Waals surface area contributed by atoms with Gasteiger partial charge >= 0.3 is 5.97 Å². The smallest absolute Gasteiger partial charge is 0.337 e. The maximum absolute atomic E-state index is 11.6. The van der Waals surface area contributed by atoms with Gasteiger partial charge in [0.05, 0.1) is 12.7 Å². The number of rotatable bonds is 4. The molecule has 1 unspecified atom stereocenters. The fourth-order valence-corrected chi connectivity index (χ4v) is 2.71. The zero-order valence-electron chi connectivity index (χ0n) is 17.0. The lowest BCUT2D eigenvalue weighted by Gasteiger charge is -2.35. The van der Waals surface area contributed by atoms with Crippen LogP contribution >= 0.6 is 0 Å². The maximum Gasteiger partial charge on any atom is 0.337 e. The molecule has 0 saturated carbocycles. The van der Waals surface area contributed by atoms with Crippen molar-refractivity contribution in [3.05, 3.63) is 65.2 Å². The number of carbonyl (C=O) groups is 1. The van der Waals surface area contributed by atoms with Crippen molar-refractivity contribution in [2.45, 2.75) is 40.0 Å². The fraction of sp³-hybridized carbons (Fsp3) is 0.409. The van der Waals surface area contributed by atoms with Crippen molar-refractivity contribution in [1.82, 2.24) is 0 Å². The van der Waals surface area contributed by atoms with Gasteiger partial charge in [-0.3, -0.25) is 0 Å². The molecule has 0 aromatic heterocycles. The predicted molar refractivity (Wildman–Crippen MR) is 109 cm³/mol. The van der Waals surface area contributed by atoms with Crippen LogP contribution in [0.3, 0.4) is 0 Å². The summed E-state index contributed by atoms with van der Waals surface area (Å²) in [5.41, 5.74) is 7.09. The Morgan fingerprint density at radius 3 is 1.69 bits per heavy atom. The summed E-state index contributed by atoms with van der Waals surface area (Å²) in [5, 5.41) is 9.50. The van der Waals surface area contributed by atoms with Gasteiger partial charge in [0.15, 0.2) is 0 Å². The number of carbonyl (C=O) groups excluding carboxylic acids is 1. The lowest BCUT2D eigenvalue weighted by Crippen LogP contribution is -2.30. The van der Waals surface area contributed by atoms with Crippen LogP contribution in [0, 0.1) is 5.92 Å². The molecule has 0 saturated heterocycles. The molecule has 0 radical (unpaired) electrons. The van der Waals surface area contributed by atoms with Crippen LogP contribution < -0.4 is 5.73 Å². The Hall–Kier alpha value is -2.33. The van der Waals surface area contributed by atoms with Gasteiger partial charge in [0.25, 0.3) is 0 Å². The van der Waals surface area contributed by atoms with Gasteiger partial charge in [0, 0.05) is 5.41 Å². The molecular formula is C22H33NO3.